The summed E-state index contributed by atoms with van der Waals surface area (Å²) in [6.07, 6.45) is 0. The summed E-state index contributed by atoms with van der Waals surface area (Å²) in [5.41, 5.74) is 0.681. The SMILES string of the molecule is C[C@@H](CO)NC(=O)c1csc2ccccc12. The van der Waals surface area contributed by atoms with Crippen molar-refractivity contribution in [1.82, 2.24) is 5.32 Å². The van der Waals surface area contributed by atoms with Crippen molar-refractivity contribution in [2.45, 2.75) is 13.0 Å². The number of nitrogens with one attached hydrogen (secondary N) is 1. The van der Waals surface area contributed by atoms with Crippen LogP contribution in [0.25, 0.3) is 10.1 Å². The van der Waals surface area contributed by atoms with Crippen LogP contribution in [0.4, 0.5) is 0 Å². The predicted molar refractivity (Wildman–Crippen MR) is 65.8 cm³/mol. The summed E-state index contributed by atoms with van der Waals surface area (Å²) >= 11 is 1.55. The first kappa shape index (κ1) is 11.1. The number of carbonyl (C=O) groups excluding carboxylic acids is 1. The van der Waals surface area contributed by atoms with Gasteiger partial charge < -0.3 is 10.4 Å². The highest BCUT2D eigenvalue weighted by molar-refractivity contribution is 7.17. The van der Waals surface area contributed by atoms with Gasteiger partial charge in [-0.05, 0) is 13.0 Å². The lowest BCUT2D eigenvalue weighted by Gasteiger charge is -2.09. The number of aliphatic hydroxyl groups is 1. The van der Waals surface area contributed by atoms with Crippen LogP contribution in [0.1, 0.15) is 17.3 Å². The summed E-state index contributed by atoms with van der Waals surface area (Å²) in [7, 11) is 0. The molecule has 0 aliphatic heterocycles. The highest BCUT2D eigenvalue weighted by Gasteiger charge is 2.13. The van der Waals surface area contributed by atoms with Crippen molar-refractivity contribution < 1.29 is 9.90 Å². The zero-order valence-corrected chi connectivity index (χ0v) is 9.75. The van der Waals surface area contributed by atoms with Crippen molar-refractivity contribution in [2.75, 3.05) is 6.61 Å². The van der Waals surface area contributed by atoms with E-state index in [2.05, 4.69) is 5.32 Å². The van der Waals surface area contributed by atoms with E-state index in [4.69, 9.17) is 5.11 Å². The lowest BCUT2D eigenvalue weighted by Crippen LogP contribution is -2.34. The Morgan fingerprint density at radius 3 is 3.00 bits per heavy atom. The minimum atomic E-state index is -0.217. The molecule has 1 aromatic heterocycles. The number of carbonyl (C=O) groups is 1. The molecule has 2 aromatic rings. The van der Waals surface area contributed by atoms with Crippen LogP contribution in [0.2, 0.25) is 0 Å². The Labute approximate surface area is 97.7 Å². The maximum Gasteiger partial charge on any atom is 0.253 e. The molecule has 0 spiro atoms. The van der Waals surface area contributed by atoms with Crippen LogP contribution in [0.5, 0.6) is 0 Å². The van der Waals surface area contributed by atoms with E-state index in [1.807, 2.05) is 29.6 Å². The summed E-state index contributed by atoms with van der Waals surface area (Å²) in [6.45, 7) is 1.72. The van der Waals surface area contributed by atoms with Gasteiger partial charge in [-0.15, -0.1) is 11.3 Å². The van der Waals surface area contributed by atoms with Crippen LogP contribution in [-0.4, -0.2) is 23.7 Å². The quantitative estimate of drug-likeness (QED) is 0.855. The molecule has 0 radical (unpaired) electrons. The fourth-order valence-corrected chi connectivity index (χ4v) is 2.44. The molecular formula is C12H13NO2S. The minimum absolute atomic E-state index is 0.0478. The van der Waals surface area contributed by atoms with Crippen LogP contribution in [0.15, 0.2) is 29.6 Å². The number of thiophene rings is 1. The Kier molecular flexibility index (Phi) is 3.22. The van der Waals surface area contributed by atoms with Crippen molar-refractivity contribution >= 4 is 27.3 Å². The molecule has 0 saturated heterocycles. The van der Waals surface area contributed by atoms with Gasteiger partial charge in [0.25, 0.3) is 5.91 Å². The predicted octanol–water partition coefficient (Wildman–Crippen LogP) is 2.01. The highest BCUT2D eigenvalue weighted by Crippen LogP contribution is 2.25. The monoisotopic (exact) mass is 235 g/mol. The zero-order chi connectivity index (χ0) is 11.5. The first-order valence-corrected chi connectivity index (χ1v) is 5.98. The van der Waals surface area contributed by atoms with Gasteiger partial charge in [0.15, 0.2) is 0 Å². The fraction of sp³-hybridized carbons (Fsp3) is 0.250. The summed E-state index contributed by atoms with van der Waals surface area (Å²) in [4.78, 5) is 11.9. The van der Waals surface area contributed by atoms with Gasteiger partial charge >= 0.3 is 0 Å². The van der Waals surface area contributed by atoms with Gasteiger partial charge in [0, 0.05) is 21.5 Å². The molecule has 4 heteroatoms. The van der Waals surface area contributed by atoms with Crippen molar-refractivity contribution in [3.8, 4) is 0 Å². The molecule has 2 N–H and O–H groups in total. The number of benzene rings is 1. The lowest BCUT2D eigenvalue weighted by atomic mass is 10.1. The summed E-state index contributed by atoms with van der Waals surface area (Å²) in [5.74, 6) is -0.126. The molecule has 84 valence electrons. The summed E-state index contributed by atoms with van der Waals surface area (Å²) < 4.78 is 1.10. The molecule has 0 fully saturated rings. The second-order valence-corrected chi connectivity index (χ2v) is 4.61. The van der Waals surface area contributed by atoms with Gasteiger partial charge in [0.1, 0.15) is 0 Å². The smallest absolute Gasteiger partial charge is 0.253 e. The normalized spacial score (nSPS) is 12.6. The van der Waals surface area contributed by atoms with E-state index in [-0.39, 0.29) is 18.6 Å². The van der Waals surface area contributed by atoms with Gasteiger partial charge in [-0.25, -0.2) is 0 Å². The Balaban J connectivity index is 2.30. The molecule has 2 rings (SSSR count). The number of fused-ring (bicyclic) bond motifs is 1. The molecular weight excluding hydrogens is 222 g/mol. The number of aliphatic hydroxyl groups excluding tert-OH is 1. The highest BCUT2D eigenvalue weighted by atomic mass is 32.1. The molecule has 0 saturated carbocycles. The van der Waals surface area contributed by atoms with E-state index in [1.54, 1.807) is 18.3 Å². The molecule has 1 atom stereocenters. The minimum Gasteiger partial charge on any atom is -0.394 e. The molecule has 16 heavy (non-hydrogen) atoms. The van der Waals surface area contributed by atoms with Crippen LogP contribution in [-0.2, 0) is 0 Å². The molecule has 1 heterocycles. The Bertz CT molecular complexity index is 506. The van der Waals surface area contributed by atoms with E-state index in [0.29, 0.717) is 5.56 Å². The van der Waals surface area contributed by atoms with E-state index in [0.717, 1.165) is 10.1 Å². The average molecular weight is 235 g/mol. The fourth-order valence-electron chi connectivity index (χ4n) is 1.50. The van der Waals surface area contributed by atoms with Crippen LogP contribution in [0, 0.1) is 0 Å². The first-order chi connectivity index (χ1) is 7.72. The van der Waals surface area contributed by atoms with Gasteiger partial charge in [-0.3, -0.25) is 4.79 Å². The number of hydrogen-bond acceptors (Lipinski definition) is 3. The van der Waals surface area contributed by atoms with Crippen molar-refractivity contribution in [3.63, 3.8) is 0 Å². The molecule has 3 nitrogen and oxygen atoms in total. The number of rotatable bonds is 3. The first-order valence-electron chi connectivity index (χ1n) is 5.10. The Morgan fingerprint density at radius 2 is 2.25 bits per heavy atom. The number of hydrogen-bond donors (Lipinski definition) is 2. The Hall–Kier alpha value is -1.39. The average Bonchev–Trinajstić information content (AvgIpc) is 2.72. The lowest BCUT2D eigenvalue weighted by molar-refractivity contribution is 0.0924. The second-order valence-electron chi connectivity index (χ2n) is 3.70. The van der Waals surface area contributed by atoms with E-state index in [1.165, 1.54) is 0 Å². The maximum atomic E-state index is 11.9. The maximum absolute atomic E-state index is 11.9. The third-order valence-corrected chi connectivity index (χ3v) is 3.34. The van der Waals surface area contributed by atoms with Gasteiger partial charge in [-0.2, -0.15) is 0 Å². The molecule has 0 aliphatic rings. The van der Waals surface area contributed by atoms with Crippen molar-refractivity contribution in [2.24, 2.45) is 0 Å². The molecule has 1 amide bonds. The summed E-state index contributed by atoms with van der Waals surface area (Å²) in [6, 6.07) is 7.58. The molecule has 0 aliphatic carbocycles. The van der Waals surface area contributed by atoms with Gasteiger partial charge in [0.05, 0.1) is 12.2 Å². The van der Waals surface area contributed by atoms with Crippen LogP contribution in [0.3, 0.4) is 0 Å². The van der Waals surface area contributed by atoms with Gasteiger partial charge in [0.2, 0.25) is 0 Å². The largest absolute Gasteiger partial charge is 0.394 e. The third-order valence-electron chi connectivity index (χ3n) is 2.38. The Morgan fingerprint density at radius 1 is 1.50 bits per heavy atom. The van der Waals surface area contributed by atoms with Crippen molar-refractivity contribution in [3.05, 3.63) is 35.2 Å². The van der Waals surface area contributed by atoms with E-state index >= 15 is 0 Å². The molecule has 1 aromatic carbocycles. The van der Waals surface area contributed by atoms with Crippen molar-refractivity contribution in [1.29, 1.82) is 0 Å². The summed E-state index contributed by atoms with van der Waals surface area (Å²) in [5, 5.41) is 14.4. The molecule has 0 unspecified atom stereocenters. The van der Waals surface area contributed by atoms with E-state index in [9.17, 15) is 4.79 Å². The van der Waals surface area contributed by atoms with Crippen LogP contribution >= 0.6 is 11.3 Å². The topological polar surface area (TPSA) is 49.3 Å². The number of amides is 1. The standard InChI is InChI=1S/C12H13NO2S/c1-8(6-14)13-12(15)10-7-16-11-5-3-2-4-9(10)11/h2-5,7-8,14H,6H2,1H3,(H,13,15)/t8-/m0/s1. The van der Waals surface area contributed by atoms with Crippen LogP contribution < -0.4 is 5.32 Å². The third kappa shape index (κ3) is 2.08. The zero-order valence-electron chi connectivity index (χ0n) is 8.93. The molecule has 0 bridgehead atoms. The van der Waals surface area contributed by atoms with Gasteiger partial charge in [-0.1, -0.05) is 18.2 Å². The van der Waals surface area contributed by atoms with E-state index < -0.39 is 0 Å². The second kappa shape index (κ2) is 4.63.